The van der Waals surface area contributed by atoms with Crippen molar-refractivity contribution in [3.05, 3.63) is 99.6 Å². The van der Waals surface area contributed by atoms with Crippen molar-refractivity contribution in [1.29, 1.82) is 0 Å². The lowest BCUT2D eigenvalue weighted by molar-refractivity contribution is 0.0425. The van der Waals surface area contributed by atoms with Crippen LogP contribution in [0.25, 0.3) is 0 Å². The summed E-state index contributed by atoms with van der Waals surface area (Å²) in [5.74, 6) is -3.86. The van der Waals surface area contributed by atoms with E-state index in [-0.39, 0.29) is 36.2 Å². The van der Waals surface area contributed by atoms with Gasteiger partial charge in [0.05, 0.1) is 22.3 Å². The van der Waals surface area contributed by atoms with Gasteiger partial charge >= 0.3 is 23.9 Å². The van der Waals surface area contributed by atoms with Crippen LogP contribution in [0.2, 0.25) is 0 Å². The highest BCUT2D eigenvalue weighted by atomic mass is 16.6. The average Bonchev–Trinajstić information content (AvgIpc) is 3.33. The van der Waals surface area contributed by atoms with Crippen LogP contribution >= 0.6 is 0 Å². The van der Waals surface area contributed by atoms with E-state index in [1.807, 2.05) is 0 Å². The largest absolute Gasteiger partial charge is 0.386 e. The molecule has 0 saturated heterocycles. The lowest BCUT2D eigenvalue weighted by Crippen LogP contribution is -2.25. The van der Waals surface area contributed by atoms with Crippen LogP contribution in [0.3, 0.4) is 0 Å². The van der Waals surface area contributed by atoms with E-state index < -0.39 is 35.7 Å². The van der Waals surface area contributed by atoms with E-state index in [9.17, 15) is 28.8 Å². The van der Waals surface area contributed by atoms with Gasteiger partial charge in [0.2, 0.25) is 0 Å². The first-order chi connectivity index (χ1) is 17.3. The molecule has 0 unspecified atom stereocenters. The Kier molecular flexibility index (Phi) is 5.61. The van der Waals surface area contributed by atoms with Gasteiger partial charge in [0.15, 0.2) is 0 Å². The minimum absolute atomic E-state index is 0. The molecule has 0 aromatic heterocycles. The molecule has 3 aromatic rings. The zero-order valence-corrected chi connectivity index (χ0v) is 18.5. The summed E-state index contributed by atoms with van der Waals surface area (Å²) in [4.78, 5) is 71.3. The Bertz CT molecular complexity index is 1500. The molecule has 0 aliphatic carbocycles. The van der Waals surface area contributed by atoms with E-state index in [1.165, 1.54) is 36.4 Å². The molecule has 2 amide bonds. The molecular weight excluding hydrogens is 468 g/mol. The number of nitrogens with one attached hydrogen (secondary N) is 2. The third-order valence-corrected chi connectivity index (χ3v) is 5.72. The van der Waals surface area contributed by atoms with Gasteiger partial charge in [0.1, 0.15) is 0 Å². The van der Waals surface area contributed by atoms with Crippen LogP contribution in [0.15, 0.2) is 60.7 Å². The summed E-state index contributed by atoms with van der Waals surface area (Å²) in [5, 5.41) is 5.47. The van der Waals surface area contributed by atoms with E-state index >= 15 is 0 Å². The molecule has 182 valence electrons. The minimum atomic E-state index is -0.783. The standard InChI is InChI=1S/C26H16N2O8.2H2/c29-21(14-3-7-17-19(11-14)25(33)35-23(17)31)27-10-9-13-1-5-16(6-2-13)28-22(30)15-4-8-18-20(12-15)26(34)36-24(18)32;;/h1-8,11-12H,9-10H2,(H,27,29)(H,28,30);2*1H. The lowest BCUT2D eigenvalue weighted by atomic mass is 10.0. The van der Waals surface area contributed by atoms with Gasteiger partial charge in [-0.05, 0) is 60.5 Å². The van der Waals surface area contributed by atoms with Gasteiger partial charge in [-0.3, -0.25) is 9.59 Å². The molecule has 3 aromatic carbocycles. The molecule has 0 spiro atoms. The van der Waals surface area contributed by atoms with Crippen LogP contribution in [-0.2, 0) is 15.9 Å². The van der Waals surface area contributed by atoms with Crippen molar-refractivity contribution >= 4 is 41.4 Å². The molecule has 0 radical (unpaired) electrons. The quantitative estimate of drug-likeness (QED) is 0.398. The fourth-order valence-electron chi connectivity index (χ4n) is 3.83. The van der Waals surface area contributed by atoms with Gasteiger partial charge in [-0.2, -0.15) is 0 Å². The van der Waals surface area contributed by atoms with Crippen molar-refractivity contribution in [1.82, 2.24) is 5.32 Å². The van der Waals surface area contributed by atoms with E-state index in [2.05, 4.69) is 20.1 Å². The zero-order chi connectivity index (χ0) is 25.4. The Hall–Kier alpha value is -5.12. The van der Waals surface area contributed by atoms with Crippen molar-refractivity contribution in [2.24, 2.45) is 0 Å². The molecule has 10 heteroatoms. The second kappa shape index (κ2) is 8.91. The third kappa shape index (κ3) is 4.23. The number of benzene rings is 3. The Morgan fingerprint density at radius 2 is 1.14 bits per heavy atom. The van der Waals surface area contributed by atoms with Crippen LogP contribution < -0.4 is 10.6 Å². The van der Waals surface area contributed by atoms with Crippen LogP contribution in [0.5, 0.6) is 0 Å². The maximum Gasteiger partial charge on any atom is 0.346 e. The molecule has 5 rings (SSSR count). The molecule has 2 aliphatic heterocycles. The molecule has 2 heterocycles. The van der Waals surface area contributed by atoms with Gasteiger partial charge < -0.3 is 20.1 Å². The minimum Gasteiger partial charge on any atom is -0.386 e. The number of hydrogen-bond donors (Lipinski definition) is 2. The first-order valence-electron chi connectivity index (χ1n) is 10.8. The number of cyclic esters (lactones) is 4. The van der Waals surface area contributed by atoms with Crippen molar-refractivity contribution in [2.75, 3.05) is 11.9 Å². The molecular formula is C26H20N2O8. The smallest absolute Gasteiger partial charge is 0.346 e. The van der Waals surface area contributed by atoms with Crippen LogP contribution in [0.4, 0.5) is 5.69 Å². The number of esters is 4. The number of rotatable bonds is 6. The molecule has 36 heavy (non-hydrogen) atoms. The normalized spacial score (nSPS) is 13.6. The Balaban J connectivity index is 0.00000200. The summed E-state index contributed by atoms with van der Waals surface area (Å²) >= 11 is 0. The predicted molar refractivity (Wildman–Crippen MR) is 127 cm³/mol. The van der Waals surface area contributed by atoms with Crippen LogP contribution in [0.1, 0.15) is 70.6 Å². The van der Waals surface area contributed by atoms with Crippen molar-refractivity contribution in [2.45, 2.75) is 6.42 Å². The maximum absolute atomic E-state index is 12.5. The zero-order valence-electron chi connectivity index (χ0n) is 18.5. The van der Waals surface area contributed by atoms with Crippen molar-refractivity contribution in [3.8, 4) is 0 Å². The second-order valence-corrected chi connectivity index (χ2v) is 8.03. The van der Waals surface area contributed by atoms with Gasteiger partial charge in [-0.25, -0.2) is 19.2 Å². The molecule has 10 nitrogen and oxygen atoms in total. The predicted octanol–water partition coefficient (Wildman–Crippen LogP) is 3.02. The highest BCUT2D eigenvalue weighted by Crippen LogP contribution is 2.23. The maximum atomic E-state index is 12.5. The van der Waals surface area contributed by atoms with Gasteiger partial charge in [0.25, 0.3) is 11.8 Å². The second-order valence-electron chi connectivity index (χ2n) is 8.03. The highest BCUT2D eigenvalue weighted by Gasteiger charge is 2.31. The molecule has 0 atom stereocenters. The first kappa shape index (κ1) is 22.7. The summed E-state index contributed by atoms with van der Waals surface area (Å²) in [5.41, 5.74) is 2.25. The number of fused-ring (bicyclic) bond motifs is 2. The summed E-state index contributed by atoms with van der Waals surface area (Å²) in [6.45, 7) is 0.314. The fourth-order valence-corrected chi connectivity index (χ4v) is 3.83. The monoisotopic (exact) mass is 488 g/mol. The van der Waals surface area contributed by atoms with Gasteiger partial charge in [0, 0.05) is 26.2 Å². The molecule has 0 fully saturated rings. The first-order valence-corrected chi connectivity index (χ1v) is 10.8. The SMILES string of the molecule is O=C(NCCc1ccc(NC(=O)c2ccc3c(c2)C(=O)OC3=O)cc1)c1ccc2c(c1)C(=O)OC2=O.[HH].[HH]. The van der Waals surface area contributed by atoms with Crippen molar-refractivity contribution < 1.29 is 41.1 Å². The number of ether oxygens (including phenoxy) is 2. The summed E-state index contributed by atoms with van der Waals surface area (Å²) in [7, 11) is 0. The van der Waals surface area contributed by atoms with Crippen LogP contribution in [-0.4, -0.2) is 42.2 Å². The molecule has 0 bridgehead atoms. The Morgan fingerprint density at radius 1 is 0.639 bits per heavy atom. The highest BCUT2D eigenvalue weighted by molar-refractivity contribution is 6.17. The van der Waals surface area contributed by atoms with E-state index in [1.54, 1.807) is 24.3 Å². The number of anilines is 1. The number of amides is 2. The Labute approximate surface area is 206 Å². The molecule has 2 N–H and O–H groups in total. The summed E-state index contributed by atoms with van der Waals surface area (Å²) in [6.07, 6.45) is 0.506. The fraction of sp³-hybridized carbons (Fsp3) is 0.0769. The van der Waals surface area contributed by atoms with Crippen molar-refractivity contribution in [3.63, 3.8) is 0 Å². The van der Waals surface area contributed by atoms with E-state index in [4.69, 9.17) is 0 Å². The summed E-state index contributed by atoms with van der Waals surface area (Å²) < 4.78 is 9.05. The number of carbonyl (C=O) groups is 6. The third-order valence-electron chi connectivity index (χ3n) is 5.72. The molecule has 0 saturated carbocycles. The molecule has 2 aliphatic rings. The number of hydrogen-bond acceptors (Lipinski definition) is 8. The van der Waals surface area contributed by atoms with Gasteiger partial charge in [-0.15, -0.1) is 0 Å². The summed E-state index contributed by atoms with van der Waals surface area (Å²) in [6, 6.07) is 15.3. The average molecular weight is 488 g/mol. The van der Waals surface area contributed by atoms with Crippen LogP contribution in [0, 0.1) is 0 Å². The lowest BCUT2D eigenvalue weighted by Gasteiger charge is -2.08. The van der Waals surface area contributed by atoms with Gasteiger partial charge in [-0.1, -0.05) is 12.1 Å². The number of carbonyl (C=O) groups excluding carboxylic acids is 6. The Morgan fingerprint density at radius 3 is 1.69 bits per heavy atom. The topological polar surface area (TPSA) is 145 Å². The van der Waals surface area contributed by atoms with E-state index in [0.717, 1.165) is 5.56 Å². The van der Waals surface area contributed by atoms with E-state index in [0.29, 0.717) is 18.7 Å².